The maximum absolute atomic E-state index is 12.5. The van der Waals surface area contributed by atoms with Gasteiger partial charge in [0.25, 0.3) is 0 Å². The van der Waals surface area contributed by atoms with Crippen molar-refractivity contribution in [2.75, 3.05) is 0 Å². The maximum Gasteiger partial charge on any atom is 0.306 e. The van der Waals surface area contributed by atoms with Crippen molar-refractivity contribution < 1.29 is 19.8 Å². The summed E-state index contributed by atoms with van der Waals surface area (Å²) in [5, 5.41) is 21.0. The molecule has 0 aromatic rings. The number of carboxylic acid groups (broad SMARTS) is 1. The molecule has 0 bridgehead atoms. The summed E-state index contributed by atoms with van der Waals surface area (Å²) in [6.45, 7) is 13.6. The van der Waals surface area contributed by atoms with Gasteiger partial charge < -0.3 is 10.2 Å². The molecule has 2 fully saturated rings. The van der Waals surface area contributed by atoms with Gasteiger partial charge in [0, 0.05) is 0 Å². The average Bonchev–Trinajstić information content (AvgIpc) is 3.05. The molecule has 0 aliphatic heterocycles. The first-order chi connectivity index (χ1) is 15.8. The lowest BCUT2D eigenvalue weighted by molar-refractivity contribution is -0.146. The number of allylic oxidation sites excluding steroid dienone is 4. The first-order valence-corrected chi connectivity index (χ1v) is 13.6. The second-order valence-corrected chi connectivity index (χ2v) is 13.3. The minimum absolute atomic E-state index is 0.00873. The van der Waals surface area contributed by atoms with Crippen LogP contribution in [0.5, 0.6) is 0 Å². The maximum atomic E-state index is 12.5. The number of carbonyl (C=O) groups excluding carboxylic acids is 1. The van der Waals surface area contributed by atoms with Gasteiger partial charge in [0.15, 0.2) is 0 Å². The van der Waals surface area contributed by atoms with Crippen molar-refractivity contribution >= 4 is 12.3 Å². The fourth-order valence-electron chi connectivity index (χ4n) is 9.40. The molecule has 2 saturated carbocycles. The van der Waals surface area contributed by atoms with E-state index in [2.05, 4.69) is 34.6 Å². The number of hydrogen-bond acceptors (Lipinski definition) is 3. The van der Waals surface area contributed by atoms with Gasteiger partial charge in [0.2, 0.25) is 0 Å². The molecule has 0 saturated heterocycles. The first kappa shape index (κ1) is 25.7. The highest BCUT2D eigenvalue weighted by atomic mass is 16.4. The minimum Gasteiger partial charge on any atom is -0.481 e. The van der Waals surface area contributed by atoms with Crippen LogP contribution < -0.4 is 0 Å². The van der Waals surface area contributed by atoms with Crippen LogP contribution in [0.4, 0.5) is 0 Å². The van der Waals surface area contributed by atoms with E-state index in [0.717, 1.165) is 57.7 Å². The van der Waals surface area contributed by atoms with Gasteiger partial charge in [-0.25, -0.2) is 0 Å². The van der Waals surface area contributed by atoms with E-state index in [0.29, 0.717) is 24.3 Å². The Morgan fingerprint density at radius 2 is 1.74 bits per heavy atom. The zero-order valence-electron chi connectivity index (χ0n) is 22.2. The quantitative estimate of drug-likeness (QED) is 0.257. The number of aliphatic hydroxyl groups is 1. The van der Waals surface area contributed by atoms with E-state index < -0.39 is 5.97 Å². The highest BCUT2D eigenvalue weighted by Crippen LogP contribution is 2.72. The predicted octanol–water partition coefficient (Wildman–Crippen LogP) is 6.72. The Morgan fingerprint density at radius 1 is 1.03 bits per heavy atom. The molecule has 4 aliphatic carbocycles. The summed E-state index contributed by atoms with van der Waals surface area (Å²) in [5.74, 6) is -0.358. The predicted molar refractivity (Wildman–Crippen MR) is 135 cm³/mol. The van der Waals surface area contributed by atoms with Crippen LogP contribution in [0.25, 0.3) is 0 Å². The molecule has 0 heterocycles. The molecule has 4 rings (SSSR count). The molecule has 0 aromatic carbocycles. The van der Waals surface area contributed by atoms with Crippen LogP contribution in [0.1, 0.15) is 106 Å². The second kappa shape index (κ2) is 8.61. The molecular formula is C30H46O4. The standard InChI is InChI=1S/C30H46O4/c1-19(18-31)8-7-9-20(26(33)34)21-12-16-30(6)23-10-11-24-27(2,3)25(32)14-15-28(24,4)22(23)13-17-29(21,30)5/h8,18,20-21,24-25,32H,7,9-17H2,1-6H3,(H,33,34)/b19-8+/t20-,21-,24+,25+,28-,29-,30+/m1/s1. The van der Waals surface area contributed by atoms with E-state index in [4.69, 9.17) is 0 Å². The van der Waals surface area contributed by atoms with E-state index in [1.54, 1.807) is 18.1 Å². The third-order valence-electron chi connectivity index (χ3n) is 11.7. The summed E-state index contributed by atoms with van der Waals surface area (Å²) in [4.78, 5) is 23.4. The van der Waals surface area contributed by atoms with E-state index in [1.807, 2.05) is 6.08 Å². The van der Waals surface area contributed by atoms with Gasteiger partial charge in [-0.05, 0) is 110 Å². The van der Waals surface area contributed by atoms with Gasteiger partial charge >= 0.3 is 5.97 Å². The number of aliphatic carboxylic acids is 1. The number of carbonyl (C=O) groups is 2. The molecule has 2 N–H and O–H groups in total. The summed E-state index contributed by atoms with van der Waals surface area (Å²) in [7, 11) is 0. The first-order valence-electron chi connectivity index (χ1n) is 13.6. The smallest absolute Gasteiger partial charge is 0.306 e. The fraction of sp³-hybridized carbons (Fsp3) is 0.800. The summed E-state index contributed by atoms with van der Waals surface area (Å²) >= 11 is 0. The van der Waals surface area contributed by atoms with Crippen LogP contribution in [-0.4, -0.2) is 28.6 Å². The SMILES string of the molecule is C/C(C=O)=C\CC[C@@H](C(=O)O)[C@H]1CC[C@@]2(C)C3=C(CC[C@]12C)[C@@]1(C)CC[C@H](O)C(C)(C)[C@@H]1CC3. The van der Waals surface area contributed by atoms with Crippen molar-refractivity contribution in [2.45, 2.75) is 112 Å². The third kappa shape index (κ3) is 3.57. The van der Waals surface area contributed by atoms with Gasteiger partial charge in [-0.15, -0.1) is 0 Å². The normalized spacial score (nSPS) is 42.4. The lowest BCUT2D eigenvalue weighted by Crippen LogP contribution is -2.55. The van der Waals surface area contributed by atoms with E-state index in [9.17, 15) is 19.8 Å². The van der Waals surface area contributed by atoms with Crippen LogP contribution in [0.15, 0.2) is 22.8 Å². The topological polar surface area (TPSA) is 74.6 Å². The molecule has 0 unspecified atom stereocenters. The number of aldehydes is 1. The molecule has 0 radical (unpaired) electrons. The zero-order valence-corrected chi connectivity index (χ0v) is 22.2. The van der Waals surface area contributed by atoms with Crippen molar-refractivity contribution in [3.63, 3.8) is 0 Å². The van der Waals surface area contributed by atoms with Crippen LogP contribution >= 0.6 is 0 Å². The number of rotatable bonds is 6. The van der Waals surface area contributed by atoms with Gasteiger partial charge in [-0.1, -0.05) is 51.8 Å². The number of hydrogen-bond donors (Lipinski definition) is 2. The Kier molecular flexibility index (Phi) is 6.50. The van der Waals surface area contributed by atoms with Gasteiger partial charge in [0.1, 0.15) is 6.29 Å². The molecular weight excluding hydrogens is 424 g/mol. The van der Waals surface area contributed by atoms with Crippen LogP contribution in [0.2, 0.25) is 0 Å². The molecule has 190 valence electrons. The van der Waals surface area contributed by atoms with Crippen molar-refractivity contribution in [3.8, 4) is 0 Å². The van der Waals surface area contributed by atoms with E-state index in [-0.39, 0.29) is 39.6 Å². The Morgan fingerprint density at radius 3 is 2.38 bits per heavy atom. The lowest BCUT2D eigenvalue weighted by Gasteiger charge is -2.62. The monoisotopic (exact) mass is 470 g/mol. The highest BCUT2D eigenvalue weighted by molar-refractivity contribution is 5.72. The Balaban J connectivity index is 1.67. The molecule has 4 aliphatic rings. The van der Waals surface area contributed by atoms with Crippen molar-refractivity contribution in [1.82, 2.24) is 0 Å². The molecule has 0 aromatic heterocycles. The number of carboxylic acids is 1. The van der Waals surface area contributed by atoms with Crippen LogP contribution in [0, 0.1) is 39.4 Å². The van der Waals surface area contributed by atoms with Gasteiger partial charge in [-0.2, -0.15) is 0 Å². The second-order valence-electron chi connectivity index (χ2n) is 13.3. The Hall–Kier alpha value is -1.42. The fourth-order valence-corrected chi connectivity index (χ4v) is 9.40. The third-order valence-corrected chi connectivity index (χ3v) is 11.7. The van der Waals surface area contributed by atoms with Gasteiger partial charge in [0.05, 0.1) is 12.0 Å². The molecule has 34 heavy (non-hydrogen) atoms. The molecule has 4 nitrogen and oxygen atoms in total. The number of fused-ring (bicyclic) bond motifs is 4. The van der Waals surface area contributed by atoms with Crippen LogP contribution in [-0.2, 0) is 9.59 Å². The molecule has 0 spiro atoms. The highest BCUT2D eigenvalue weighted by Gasteiger charge is 2.64. The lowest BCUT2D eigenvalue weighted by atomic mass is 9.43. The van der Waals surface area contributed by atoms with Gasteiger partial charge in [-0.3, -0.25) is 9.59 Å². The molecule has 0 amide bonds. The Bertz CT molecular complexity index is 913. The number of aliphatic hydroxyl groups excluding tert-OH is 1. The zero-order chi connectivity index (χ0) is 25.1. The summed E-state index contributed by atoms with van der Waals surface area (Å²) in [6, 6.07) is 0. The summed E-state index contributed by atoms with van der Waals surface area (Å²) in [5.41, 5.74) is 4.14. The molecule has 4 heteroatoms. The Labute approximate surface area is 206 Å². The minimum atomic E-state index is -0.675. The molecule has 7 atom stereocenters. The van der Waals surface area contributed by atoms with E-state index in [1.165, 1.54) is 0 Å². The summed E-state index contributed by atoms with van der Waals surface area (Å²) < 4.78 is 0. The van der Waals surface area contributed by atoms with Crippen molar-refractivity contribution in [3.05, 3.63) is 22.8 Å². The van der Waals surface area contributed by atoms with Crippen molar-refractivity contribution in [1.29, 1.82) is 0 Å². The average molecular weight is 471 g/mol. The van der Waals surface area contributed by atoms with Crippen LogP contribution in [0.3, 0.4) is 0 Å². The largest absolute Gasteiger partial charge is 0.481 e. The summed E-state index contributed by atoms with van der Waals surface area (Å²) in [6.07, 6.45) is 12.1. The van der Waals surface area contributed by atoms with Crippen molar-refractivity contribution in [2.24, 2.45) is 39.4 Å². The van der Waals surface area contributed by atoms with E-state index >= 15 is 0 Å².